The van der Waals surface area contributed by atoms with Crippen LogP contribution in [0.5, 0.6) is 5.75 Å². The number of amides is 1. The molecular weight excluding hydrogens is 433 g/mol. The summed E-state index contributed by atoms with van der Waals surface area (Å²) in [7, 11) is 0. The highest BCUT2D eigenvalue weighted by Crippen LogP contribution is 2.35. The summed E-state index contributed by atoms with van der Waals surface area (Å²) in [4.78, 5) is 17.6. The van der Waals surface area contributed by atoms with Crippen LogP contribution in [-0.4, -0.2) is 55.1 Å². The summed E-state index contributed by atoms with van der Waals surface area (Å²) in [6, 6.07) is 11.7. The third kappa shape index (κ3) is 5.86. The Kier molecular flexibility index (Phi) is 7.24. The Bertz CT molecular complexity index is 954. The number of likely N-dealkylation sites (tertiary alicyclic amines) is 1. The quantitative estimate of drug-likeness (QED) is 0.681. The molecule has 0 unspecified atom stereocenters. The largest absolute Gasteiger partial charge is 0.573 e. The molecule has 178 valence electrons. The van der Waals surface area contributed by atoms with Gasteiger partial charge in [-0.25, -0.2) is 0 Å². The summed E-state index contributed by atoms with van der Waals surface area (Å²) >= 11 is 0. The lowest BCUT2D eigenvalue weighted by atomic mass is 9.92. The molecule has 0 atom stereocenters. The number of carbonyl (C=O) groups is 1. The lowest BCUT2D eigenvalue weighted by molar-refractivity contribution is -0.274. The van der Waals surface area contributed by atoms with Crippen molar-refractivity contribution in [3.05, 3.63) is 48.0 Å². The number of halogens is 3. The van der Waals surface area contributed by atoms with Crippen molar-refractivity contribution in [3.8, 4) is 16.9 Å². The van der Waals surface area contributed by atoms with Crippen LogP contribution in [0.25, 0.3) is 11.1 Å². The first-order valence-electron chi connectivity index (χ1n) is 11.5. The Morgan fingerprint density at radius 1 is 1.03 bits per heavy atom. The fourth-order valence-electron chi connectivity index (χ4n) is 4.75. The van der Waals surface area contributed by atoms with Gasteiger partial charge in [0.05, 0.1) is 0 Å². The number of hydrogen-bond acceptors (Lipinski definition) is 4. The van der Waals surface area contributed by atoms with Gasteiger partial charge in [0, 0.05) is 31.3 Å². The van der Waals surface area contributed by atoms with Crippen LogP contribution in [0.1, 0.15) is 31.2 Å². The number of carbonyl (C=O) groups excluding carboxylic acids is 1. The van der Waals surface area contributed by atoms with Gasteiger partial charge < -0.3 is 19.6 Å². The van der Waals surface area contributed by atoms with E-state index < -0.39 is 6.36 Å². The third-order valence-electron chi connectivity index (χ3n) is 6.46. The lowest BCUT2D eigenvalue weighted by Gasteiger charge is -2.36. The summed E-state index contributed by atoms with van der Waals surface area (Å²) in [5.41, 5.74) is 3.64. The second-order valence-corrected chi connectivity index (χ2v) is 8.70. The van der Waals surface area contributed by atoms with E-state index in [1.807, 2.05) is 23.1 Å². The first-order valence-corrected chi connectivity index (χ1v) is 11.5. The van der Waals surface area contributed by atoms with Gasteiger partial charge in [0.2, 0.25) is 5.91 Å². The first kappa shape index (κ1) is 23.6. The van der Waals surface area contributed by atoms with Crippen LogP contribution in [0.3, 0.4) is 0 Å². The molecule has 0 bridgehead atoms. The fourth-order valence-corrected chi connectivity index (χ4v) is 4.75. The van der Waals surface area contributed by atoms with E-state index in [1.165, 1.54) is 12.1 Å². The predicted molar refractivity (Wildman–Crippen MR) is 120 cm³/mol. The number of benzene rings is 2. The van der Waals surface area contributed by atoms with Gasteiger partial charge in [-0.05, 0) is 80.1 Å². The number of fused-ring (bicyclic) bond motifs is 1. The van der Waals surface area contributed by atoms with E-state index in [0.29, 0.717) is 6.54 Å². The zero-order valence-corrected chi connectivity index (χ0v) is 18.5. The number of ether oxygens (including phenoxy) is 1. The summed E-state index contributed by atoms with van der Waals surface area (Å²) in [6.07, 6.45) is -0.519. The number of aliphatic hydroxyl groups excluding tert-OH is 1. The van der Waals surface area contributed by atoms with Crippen molar-refractivity contribution in [2.75, 3.05) is 37.7 Å². The summed E-state index contributed by atoms with van der Waals surface area (Å²) < 4.78 is 41.2. The average molecular weight is 463 g/mol. The van der Waals surface area contributed by atoms with Crippen molar-refractivity contribution in [1.82, 2.24) is 4.90 Å². The molecule has 33 heavy (non-hydrogen) atoms. The van der Waals surface area contributed by atoms with Gasteiger partial charge in [0.15, 0.2) is 0 Å². The van der Waals surface area contributed by atoms with Crippen molar-refractivity contribution in [2.24, 2.45) is 5.92 Å². The predicted octanol–water partition coefficient (Wildman–Crippen LogP) is 4.63. The molecule has 0 aromatic heterocycles. The van der Waals surface area contributed by atoms with Crippen LogP contribution in [0.15, 0.2) is 42.5 Å². The SMILES string of the molecule is O=C(C1CCN(CCCO)CC1)N1CCCc2ccc(-c3ccc(OC(F)(F)F)cc3)cc21. The zero-order valence-electron chi connectivity index (χ0n) is 18.5. The van der Waals surface area contributed by atoms with E-state index in [1.54, 1.807) is 12.1 Å². The van der Waals surface area contributed by atoms with E-state index in [-0.39, 0.29) is 24.2 Å². The minimum Gasteiger partial charge on any atom is -0.406 e. The highest BCUT2D eigenvalue weighted by molar-refractivity contribution is 5.97. The van der Waals surface area contributed by atoms with Gasteiger partial charge >= 0.3 is 6.36 Å². The monoisotopic (exact) mass is 462 g/mol. The van der Waals surface area contributed by atoms with Crippen molar-refractivity contribution >= 4 is 11.6 Å². The number of anilines is 1. The Labute approximate surface area is 191 Å². The number of hydrogen-bond donors (Lipinski definition) is 1. The number of piperidine rings is 1. The summed E-state index contributed by atoms with van der Waals surface area (Å²) in [5, 5.41) is 9.02. The number of aliphatic hydroxyl groups is 1. The van der Waals surface area contributed by atoms with Crippen molar-refractivity contribution in [3.63, 3.8) is 0 Å². The molecule has 2 heterocycles. The maximum atomic E-state index is 13.4. The molecule has 0 radical (unpaired) electrons. The summed E-state index contributed by atoms with van der Waals surface area (Å²) in [5.74, 6) is -0.112. The standard InChI is InChI=1S/C25H29F3N2O3/c26-25(27,28)33-22-8-6-18(7-9-22)21-5-4-19-3-1-13-30(23(19)17-21)24(32)20-10-14-29(15-11-20)12-2-16-31/h4-9,17,20,31H,1-3,10-16H2. The molecule has 4 rings (SSSR count). The highest BCUT2D eigenvalue weighted by atomic mass is 19.4. The summed E-state index contributed by atoms with van der Waals surface area (Å²) in [6.45, 7) is 3.45. The van der Waals surface area contributed by atoms with Gasteiger partial charge in [-0.15, -0.1) is 13.2 Å². The van der Waals surface area contributed by atoms with Crippen molar-refractivity contribution in [1.29, 1.82) is 0 Å². The second-order valence-electron chi connectivity index (χ2n) is 8.70. The molecule has 1 fully saturated rings. The van der Waals surface area contributed by atoms with Crippen LogP contribution < -0.4 is 9.64 Å². The second kappa shape index (κ2) is 10.1. The molecule has 2 aliphatic rings. The lowest BCUT2D eigenvalue weighted by Crippen LogP contribution is -2.44. The Morgan fingerprint density at radius 2 is 1.73 bits per heavy atom. The third-order valence-corrected chi connectivity index (χ3v) is 6.46. The van der Waals surface area contributed by atoms with Crippen LogP contribution in [-0.2, 0) is 11.2 Å². The molecule has 1 N–H and O–H groups in total. The van der Waals surface area contributed by atoms with Crippen molar-refractivity contribution in [2.45, 2.75) is 38.5 Å². The molecule has 0 saturated carbocycles. The zero-order chi connectivity index (χ0) is 23.4. The minimum absolute atomic E-state index is 0.0104. The molecule has 1 saturated heterocycles. The maximum absolute atomic E-state index is 13.4. The van der Waals surface area contributed by atoms with Gasteiger partial charge in [-0.3, -0.25) is 4.79 Å². The normalized spacial score (nSPS) is 17.6. The Balaban J connectivity index is 1.49. The maximum Gasteiger partial charge on any atom is 0.573 e. The molecule has 2 aromatic carbocycles. The van der Waals surface area contributed by atoms with Crippen molar-refractivity contribution < 1.29 is 27.8 Å². The van der Waals surface area contributed by atoms with Crippen LogP contribution in [0.4, 0.5) is 18.9 Å². The average Bonchev–Trinajstić information content (AvgIpc) is 2.81. The molecule has 5 nitrogen and oxygen atoms in total. The number of aryl methyl sites for hydroxylation is 1. The van der Waals surface area contributed by atoms with Gasteiger partial charge in [0.25, 0.3) is 0 Å². The Morgan fingerprint density at radius 3 is 2.39 bits per heavy atom. The molecule has 0 spiro atoms. The van der Waals surface area contributed by atoms with E-state index in [0.717, 1.165) is 74.1 Å². The van der Waals surface area contributed by atoms with E-state index in [4.69, 9.17) is 5.11 Å². The number of alkyl halides is 3. The van der Waals surface area contributed by atoms with E-state index in [2.05, 4.69) is 9.64 Å². The smallest absolute Gasteiger partial charge is 0.406 e. The van der Waals surface area contributed by atoms with Gasteiger partial charge in [0.1, 0.15) is 5.75 Å². The molecule has 2 aliphatic heterocycles. The first-order chi connectivity index (χ1) is 15.8. The topological polar surface area (TPSA) is 53.0 Å². The molecule has 8 heteroatoms. The Hall–Kier alpha value is -2.58. The number of rotatable bonds is 6. The molecule has 0 aliphatic carbocycles. The van der Waals surface area contributed by atoms with Crippen LogP contribution >= 0.6 is 0 Å². The molecule has 1 amide bonds. The molecular formula is C25H29F3N2O3. The number of nitrogens with zero attached hydrogens (tertiary/aromatic N) is 2. The fraction of sp³-hybridized carbons (Fsp3) is 0.480. The van der Waals surface area contributed by atoms with Gasteiger partial charge in [-0.2, -0.15) is 0 Å². The minimum atomic E-state index is -4.72. The van der Waals surface area contributed by atoms with E-state index >= 15 is 0 Å². The van der Waals surface area contributed by atoms with Gasteiger partial charge in [-0.1, -0.05) is 24.3 Å². The van der Waals surface area contributed by atoms with Crippen LogP contribution in [0, 0.1) is 5.92 Å². The van der Waals surface area contributed by atoms with Crippen LogP contribution in [0.2, 0.25) is 0 Å². The van der Waals surface area contributed by atoms with E-state index in [9.17, 15) is 18.0 Å². The highest BCUT2D eigenvalue weighted by Gasteiger charge is 2.32. The molecule has 2 aromatic rings.